The minimum absolute atomic E-state index is 0. The standard InChI is InChI=1S/2C12H24.2CH4/c1-9(2)11-5-7-12(8-6-11)10(3)4;1-9(2)11-6-5-7-12(8-11)10(3)4;;/h2*9-12H,5-8H2,1-4H3;2*1H4. The minimum Gasteiger partial charge on any atom is -0.0776 e. The van der Waals surface area contributed by atoms with Crippen LogP contribution in [-0.2, 0) is 0 Å². The fraction of sp³-hybridized carbons (Fsp3) is 1.00. The van der Waals surface area contributed by atoms with Crippen LogP contribution in [0.5, 0.6) is 0 Å². The maximum atomic E-state index is 2.38. The van der Waals surface area contributed by atoms with E-state index in [1.165, 1.54) is 51.4 Å². The lowest BCUT2D eigenvalue weighted by Crippen LogP contribution is -2.22. The Labute approximate surface area is 169 Å². The van der Waals surface area contributed by atoms with E-state index in [9.17, 15) is 0 Å². The molecule has 160 valence electrons. The van der Waals surface area contributed by atoms with Crippen LogP contribution in [0.2, 0.25) is 0 Å². The number of rotatable bonds is 4. The molecule has 0 heterocycles. The highest BCUT2D eigenvalue weighted by Gasteiger charge is 2.26. The summed E-state index contributed by atoms with van der Waals surface area (Å²) in [7, 11) is 0. The molecule has 0 spiro atoms. The van der Waals surface area contributed by atoms with Crippen LogP contribution in [0.4, 0.5) is 0 Å². The number of hydrogen-bond acceptors (Lipinski definition) is 0. The topological polar surface area (TPSA) is 0 Å². The quantitative estimate of drug-likeness (QED) is 0.463. The second-order valence-corrected chi connectivity index (χ2v) is 10.3. The van der Waals surface area contributed by atoms with Crippen molar-refractivity contribution in [1.82, 2.24) is 0 Å². The molecule has 0 aromatic rings. The van der Waals surface area contributed by atoms with Gasteiger partial charge in [0.05, 0.1) is 0 Å². The molecule has 2 aliphatic carbocycles. The Kier molecular flexibility index (Phi) is 15.3. The summed E-state index contributed by atoms with van der Waals surface area (Å²) in [5.41, 5.74) is 0. The van der Waals surface area contributed by atoms with Crippen LogP contribution in [0.25, 0.3) is 0 Å². The van der Waals surface area contributed by atoms with E-state index in [1.807, 2.05) is 0 Å². The van der Waals surface area contributed by atoms with Crippen molar-refractivity contribution in [2.75, 3.05) is 0 Å². The van der Waals surface area contributed by atoms with E-state index in [0.717, 1.165) is 47.3 Å². The second kappa shape index (κ2) is 14.1. The van der Waals surface area contributed by atoms with Crippen molar-refractivity contribution in [3.05, 3.63) is 0 Å². The molecule has 26 heavy (non-hydrogen) atoms. The SMILES string of the molecule is C.C.CC(C)C1CCC(C(C)C)CC1.CC(C)C1CCCC(C(C)C)C1. The van der Waals surface area contributed by atoms with Crippen molar-refractivity contribution in [2.45, 2.75) is 122 Å². The Bertz CT molecular complexity index is 274. The first-order chi connectivity index (χ1) is 11.2. The van der Waals surface area contributed by atoms with Crippen molar-refractivity contribution >= 4 is 0 Å². The molecule has 0 nitrogen and oxygen atoms in total. The van der Waals surface area contributed by atoms with Crippen molar-refractivity contribution < 1.29 is 0 Å². The molecule has 0 aromatic carbocycles. The highest BCUT2D eigenvalue weighted by molar-refractivity contribution is 4.77. The molecular formula is C26H56. The van der Waals surface area contributed by atoms with Crippen molar-refractivity contribution in [3.63, 3.8) is 0 Å². The summed E-state index contributed by atoms with van der Waals surface area (Å²) in [5.74, 6) is 7.74. The molecule has 0 N–H and O–H groups in total. The molecule has 0 saturated heterocycles. The van der Waals surface area contributed by atoms with Gasteiger partial charge in [-0.15, -0.1) is 0 Å². The van der Waals surface area contributed by atoms with E-state index in [2.05, 4.69) is 55.4 Å². The summed E-state index contributed by atoms with van der Waals surface area (Å²) in [6, 6.07) is 0. The number of hydrogen-bond donors (Lipinski definition) is 0. The van der Waals surface area contributed by atoms with Gasteiger partial charge in [0.15, 0.2) is 0 Å². The second-order valence-electron chi connectivity index (χ2n) is 10.3. The maximum Gasteiger partial charge on any atom is -0.0388 e. The summed E-state index contributed by atoms with van der Waals surface area (Å²) >= 11 is 0. The largest absolute Gasteiger partial charge is 0.0776 e. The molecular weight excluding hydrogens is 312 g/mol. The van der Waals surface area contributed by atoms with Gasteiger partial charge in [0, 0.05) is 0 Å². The molecule has 2 rings (SSSR count). The summed E-state index contributed by atoms with van der Waals surface area (Å²) in [6.07, 6.45) is 11.9. The van der Waals surface area contributed by atoms with Gasteiger partial charge >= 0.3 is 0 Å². The first-order valence-electron chi connectivity index (χ1n) is 11.2. The highest BCUT2D eigenvalue weighted by Crippen LogP contribution is 2.37. The fourth-order valence-corrected chi connectivity index (χ4v) is 4.96. The first kappa shape index (κ1) is 28.2. The van der Waals surface area contributed by atoms with E-state index in [4.69, 9.17) is 0 Å². The summed E-state index contributed by atoms with van der Waals surface area (Å²) in [5, 5.41) is 0. The Morgan fingerprint density at radius 3 is 0.923 bits per heavy atom. The van der Waals surface area contributed by atoms with Crippen LogP contribution in [0.3, 0.4) is 0 Å². The third kappa shape index (κ3) is 9.80. The Morgan fingerprint density at radius 2 is 0.692 bits per heavy atom. The van der Waals surface area contributed by atoms with E-state index in [-0.39, 0.29) is 14.9 Å². The zero-order valence-electron chi connectivity index (χ0n) is 18.3. The van der Waals surface area contributed by atoms with Gasteiger partial charge in [-0.3, -0.25) is 0 Å². The first-order valence-corrected chi connectivity index (χ1v) is 11.2. The predicted molar refractivity (Wildman–Crippen MR) is 124 cm³/mol. The van der Waals surface area contributed by atoms with Crippen molar-refractivity contribution in [2.24, 2.45) is 47.3 Å². The molecule has 2 atom stereocenters. The summed E-state index contributed by atoms with van der Waals surface area (Å²) in [4.78, 5) is 0. The summed E-state index contributed by atoms with van der Waals surface area (Å²) in [6.45, 7) is 19.0. The average Bonchev–Trinajstić information content (AvgIpc) is 2.55. The normalized spacial score (nSPS) is 29.1. The van der Waals surface area contributed by atoms with Crippen LogP contribution >= 0.6 is 0 Å². The van der Waals surface area contributed by atoms with E-state index < -0.39 is 0 Å². The third-order valence-electron chi connectivity index (χ3n) is 7.34. The molecule has 2 fully saturated rings. The van der Waals surface area contributed by atoms with Crippen LogP contribution in [-0.4, -0.2) is 0 Å². The van der Waals surface area contributed by atoms with Crippen LogP contribution in [0.1, 0.15) is 122 Å². The Balaban J connectivity index is 0. The Morgan fingerprint density at radius 1 is 0.423 bits per heavy atom. The van der Waals surface area contributed by atoms with Crippen LogP contribution < -0.4 is 0 Å². The molecule has 0 radical (unpaired) electrons. The van der Waals surface area contributed by atoms with Gasteiger partial charge < -0.3 is 0 Å². The van der Waals surface area contributed by atoms with Gasteiger partial charge in [-0.1, -0.05) is 89.5 Å². The van der Waals surface area contributed by atoms with Gasteiger partial charge in [-0.05, 0) is 79.4 Å². The lowest BCUT2D eigenvalue weighted by Gasteiger charge is -2.33. The zero-order chi connectivity index (χ0) is 18.3. The molecule has 2 unspecified atom stereocenters. The van der Waals surface area contributed by atoms with Crippen LogP contribution in [0, 0.1) is 47.3 Å². The lowest BCUT2D eigenvalue weighted by atomic mass is 9.72. The van der Waals surface area contributed by atoms with Crippen molar-refractivity contribution in [1.29, 1.82) is 0 Å². The average molecular weight is 369 g/mol. The molecule has 0 bridgehead atoms. The van der Waals surface area contributed by atoms with Gasteiger partial charge in [-0.25, -0.2) is 0 Å². The molecule has 0 heteroatoms. The van der Waals surface area contributed by atoms with Crippen molar-refractivity contribution in [3.8, 4) is 0 Å². The third-order valence-corrected chi connectivity index (χ3v) is 7.34. The van der Waals surface area contributed by atoms with Gasteiger partial charge in [-0.2, -0.15) is 0 Å². The maximum absolute atomic E-state index is 2.38. The van der Waals surface area contributed by atoms with E-state index in [1.54, 1.807) is 0 Å². The molecule has 0 amide bonds. The van der Waals surface area contributed by atoms with E-state index in [0.29, 0.717) is 0 Å². The molecule has 2 saturated carbocycles. The van der Waals surface area contributed by atoms with E-state index >= 15 is 0 Å². The van der Waals surface area contributed by atoms with Gasteiger partial charge in [0.25, 0.3) is 0 Å². The Hall–Kier alpha value is 0. The predicted octanol–water partition coefficient (Wildman–Crippen LogP) is 9.48. The lowest BCUT2D eigenvalue weighted by molar-refractivity contribution is 0.177. The molecule has 2 aliphatic rings. The molecule has 0 aliphatic heterocycles. The minimum atomic E-state index is 0. The van der Waals surface area contributed by atoms with Gasteiger partial charge in [0.1, 0.15) is 0 Å². The smallest absolute Gasteiger partial charge is 0.0388 e. The fourth-order valence-electron chi connectivity index (χ4n) is 4.96. The zero-order valence-corrected chi connectivity index (χ0v) is 18.3. The molecule has 0 aromatic heterocycles. The van der Waals surface area contributed by atoms with Crippen LogP contribution in [0.15, 0.2) is 0 Å². The summed E-state index contributed by atoms with van der Waals surface area (Å²) < 4.78 is 0. The highest BCUT2D eigenvalue weighted by atomic mass is 14.3. The monoisotopic (exact) mass is 368 g/mol. The van der Waals surface area contributed by atoms with Gasteiger partial charge in [0.2, 0.25) is 0 Å².